The van der Waals surface area contributed by atoms with E-state index in [0.29, 0.717) is 0 Å². The second-order valence-electron chi connectivity index (χ2n) is 8.41. The van der Waals surface area contributed by atoms with Crippen LogP contribution in [0.3, 0.4) is 0 Å². The minimum atomic E-state index is -1.20. The fourth-order valence-electron chi connectivity index (χ4n) is 3.85. The second-order valence-corrected chi connectivity index (χ2v) is 8.41. The number of carbonyl (C=O) groups is 4. The molecule has 0 fully saturated rings. The highest BCUT2D eigenvalue weighted by molar-refractivity contribution is 6.01. The Kier molecular flexibility index (Phi) is 11.0. The molecule has 1 aliphatic rings. The molecule has 1 aromatic rings. The number of carbonyl (C=O) groups excluding carboxylic acids is 4. The number of amides is 2. The number of nitro groups is 1. The average Bonchev–Trinajstić information content (AvgIpc) is 2.87. The van der Waals surface area contributed by atoms with Crippen LogP contribution in [0.2, 0.25) is 0 Å². The highest BCUT2D eigenvalue weighted by Crippen LogP contribution is 2.44. The number of nitrogens with zero attached hydrogens (tertiary/aromatic N) is 2. The molecule has 0 aliphatic carbocycles. The van der Waals surface area contributed by atoms with Crippen molar-refractivity contribution in [1.29, 1.82) is 0 Å². The lowest BCUT2D eigenvalue weighted by Gasteiger charge is -2.36. The summed E-state index contributed by atoms with van der Waals surface area (Å²) in [6, 6.07) is 5.41. The molecule has 1 aliphatic heterocycles. The van der Waals surface area contributed by atoms with Gasteiger partial charge in [-0.25, -0.2) is 19.2 Å². The number of hydrogen-bond donors (Lipinski definition) is 1. The summed E-state index contributed by atoms with van der Waals surface area (Å²) < 4.78 is 25.4. The molecule has 1 atom stereocenters. The summed E-state index contributed by atoms with van der Waals surface area (Å²) in [5.74, 6) is -2.96. The van der Waals surface area contributed by atoms with Crippen LogP contribution in [0, 0.1) is 10.1 Å². The van der Waals surface area contributed by atoms with Gasteiger partial charge in [-0.2, -0.15) is 0 Å². The van der Waals surface area contributed by atoms with Crippen molar-refractivity contribution in [3.05, 3.63) is 62.5 Å². The van der Waals surface area contributed by atoms with Crippen LogP contribution in [0.5, 0.6) is 0 Å². The number of esters is 2. The standard InChI is InChI=1S/C25H31N3O11/c1-14(2)39-23(30)20-16(4)27(25(32)38-13-37-24(31)26-5)15(3)19(22(29)36-11-10-35-6)21(20)17-8-7-9-18(12-17)28(33)34/h7-9,12,14,21H,10-11,13H2,1-6H3,(H,26,31). The topological polar surface area (TPSA) is 173 Å². The highest BCUT2D eigenvalue weighted by Gasteiger charge is 2.43. The molecule has 0 aromatic heterocycles. The van der Waals surface area contributed by atoms with Crippen LogP contribution in [-0.4, -0.2) is 74.2 Å². The monoisotopic (exact) mass is 549 g/mol. The first kappa shape index (κ1) is 30.8. The lowest BCUT2D eigenvalue weighted by atomic mass is 9.79. The third-order valence-corrected chi connectivity index (χ3v) is 5.50. The number of nitrogens with one attached hydrogen (secondary N) is 1. The van der Waals surface area contributed by atoms with E-state index in [4.69, 9.17) is 23.7 Å². The number of alkyl carbamates (subject to hydrolysis) is 1. The van der Waals surface area contributed by atoms with Crippen LogP contribution in [0.4, 0.5) is 15.3 Å². The maximum absolute atomic E-state index is 13.4. The lowest BCUT2D eigenvalue weighted by molar-refractivity contribution is -0.384. The van der Waals surface area contributed by atoms with E-state index < -0.39 is 47.9 Å². The van der Waals surface area contributed by atoms with Gasteiger partial charge in [0.05, 0.1) is 34.7 Å². The van der Waals surface area contributed by atoms with E-state index in [1.54, 1.807) is 13.8 Å². The minimum Gasteiger partial charge on any atom is -0.460 e. The van der Waals surface area contributed by atoms with Crippen LogP contribution in [0.25, 0.3) is 0 Å². The van der Waals surface area contributed by atoms with Gasteiger partial charge in [0.15, 0.2) is 0 Å². The van der Waals surface area contributed by atoms with Crippen molar-refractivity contribution in [1.82, 2.24) is 10.2 Å². The van der Waals surface area contributed by atoms with E-state index in [-0.39, 0.29) is 47.0 Å². The van der Waals surface area contributed by atoms with E-state index in [0.717, 1.165) is 4.90 Å². The summed E-state index contributed by atoms with van der Waals surface area (Å²) >= 11 is 0. The number of allylic oxidation sites excluding steroid dienone is 2. The van der Waals surface area contributed by atoms with E-state index in [9.17, 15) is 29.3 Å². The van der Waals surface area contributed by atoms with Gasteiger partial charge in [0.1, 0.15) is 6.61 Å². The van der Waals surface area contributed by atoms with Gasteiger partial charge >= 0.3 is 24.1 Å². The van der Waals surface area contributed by atoms with Gasteiger partial charge in [0, 0.05) is 37.7 Å². The lowest BCUT2D eigenvalue weighted by Crippen LogP contribution is -2.39. The first-order valence-corrected chi connectivity index (χ1v) is 11.8. The van der Waals surface area contributed by atoms with Crippen LogP contribution in [0.1, 0.15) is 39.2 Å². The third kappa shape index (κ3) is 7.54. The number of ether oxygens (including phenoxy) is 5. The second kappa shape index (κ2) is 13.9. The van der Waals surface area contributed by atoms with Gasteiger partial charge < -0.3 is 29.0 Å². The molecule has 1 N–H and O–H groups in total. The molecule has 0 saturated heterocycles. The Morgan fingerprint density at radius 1 is 1.03 bits per heavy atom. The largest absolute Gasteiger partial charge is 0.460 e. The average molecular weight is 550 g/mol. The van der Waals surface area contributed by atoms with E-state index in [1.807, 2.05) is 0 Å². The van der Waals surface area contributed by atoms with Gasteiger partial charge in [0.2, 0.25) is 6.79 Å². The Hall–Kier alpha value is -4.46. The summed E-state index contributed by atoms with van der Waals surface area (Å²) in [5.41, 5.74) is -0.298. The maximum atomic E-state index is 13.4. The quantitative estimate of drug-likeness (QED) is 0.113. The van der Waals surface area contributed by atoms with Crippen molar-refractivity contribution in [2.24, 2.45) is 0 Å². The summed E-state index contributed by atoms with van der Waals surface area (Å²) in [4.78, 5) is 63.1. The Morgan fingerprint density at radius 2 is 1.67 bits per heavy atom. The van der Waals surface area contributed by atoms with E-state index >= 15 is 0 Å². The summed E-state index contributed by atoms with van der Waals surface area (Å²) in [6.45, 7) is 5.24. The van der Waals surface area contributed by atoms with Crippen molar-refractivity contribution in [3.8, 4) is 0 Å². The Morgan fingerprint density at radius 3 is 2.23 bits per heavy atom. The van der Waals surface area contributed by atoms with Gasteiger partial charge in [-0.05, 0) is 33.3 Å². The predicted octanol–water partition coefficient (Wildman–Crippen LogP) is 3.13. The molecule has 1 aromatic carbocycles. The molecule has 1 unspecified atom stereocenters. The summed E-state index contributed by atoms with van der Waals surface area (Å²) in [6.07, 6.45) is -2.49. The van der Waals surface area contributed by atoms with Crippen molar-refractivity contribution < 1.29 is 47.8 Å². The number of hydrogen-bond acceptors (Lipinski definition) is 11. The zero-order chi connectivity index (χ0) is 29.3. The molecule has 2 rings (SSSR count). The molecular weight excluding hydrogens is 518 g/mol. The molecule has 1 heterocycles. The predicted molar refractivity (Wildman–Crippen MR) is 134 cm³/mol. The number of nitro benzene ring substituents is 1. The zero-order valence-electron chi connectivity index (χ0n) is 22.5. The molecule has 0 saturated carbocycles. The first-order chi connectivity index (χ1) is 18.4. The third-order valence-electron chi connectivity index (χ3n) is 5.50. The Balaban J connectivity index is 2.74. The van der Waals surface area contributed by atoms with Crippen LogP contribution < -0.4 is 5.32 Å². The van der Waals surface area contributed by atoms with E-state index in [2.05, 4.69) is 5.32 Å². The number of methoxy groups -OCH3 is 1. The Labute approximate surface area is 224 Å². The first-order valence-electron chi connectivity index (χ1n) is 11.8. The Bertz CT molecular complexity index is 1190. The smallest absolute Gasteiger partial charge is 0.421 e. The summed E-state index contributed by atoms with van der Waals surface area (Å²) in [7, 11) is 2.73. The maximum Gasteiger partial charge on any atom is 0.421 e. The molecule has 0 bridgehead atoms. The highest BCUT2D eigenvalue weighted by atomic mass is 16.7. The van der Waals surface area contributed by atoms with Crippen molar-refractivity contribution in [3.63, 3.8) is 0 Å². The molecule has 0 spiro atoms. The molecule has 0 radical (unpaired) electrons. The van der Waals surface area contributed by atoms with Gasteiger partial charge in [-0.15, -0.1) is 0 Å². The molecule has 14 heteroatoms. The van der Waals surface area contributed by atoms with E-state index in [1.165, 1.54) is 52.3 Å². The van der Waals surface area contributed by atoms with Crippen molar-refractivity contribution >= 4 is 29.8 Å². The molecular formula is C25H31N3O11. The van der Waals surface area contributed by atoms with Crippen molar-refractivity contribution in [2.45, 2.75) is 39.7 Å². The normalized spacial score (nSPS) is 15.2. The minimum absolute atomic E-state index is 0.0254. The van der Waals surface area contributed by atoms with Crippen molar-refractivity contribution in [2.75, 3.05) is 34.2 Å². The summed E-state index contributed by atoms with van der Waals surface area (Å²) in [5, 5.41) is 13.7. The fourth-order valence-corrected chi connectivity index (χ4v) is 3.85. The molecule has 14 nitrogen and oxygen atoms in total. The molecule has 39 heavy (non-hydrogen) atoms. The van der Waals surface area contributed by atoms with Gasteiger partial charge in [-0.3, -0.25) is 15.0 Å². The number of non-ortho nitro benzene ring substituents is 1. The fraction of sp³-hybridized carbons (Fsp3) is 0.440. The SMILES string of the molecule is CNC(=O)OCOC(=O)N1C(C)=C(C(=O)OCCOC)C(c2cccc([N+](=O)[O-])c2)C(C(=O)OC(C)C)=C1C. The van der Waals surface area contributed by atoms with Crippen LogP contribution in [-0.2, 0) is 33.3 Å². The zero-order valence-corrected chi connectivity index (χ0v) is 22.5. The van der Waals surface area contributed by atoms with Gasteiger partial charge in [0.25, 0.3) is 5.69 Å². The number of benzene rings is 1. The molecule has 2 amide bonds. The van der Waals surface area contributed by atoms with Gasteiger partial charge in [-0.1, -0.05) is 12.1 Å². The van der Waals surface area contributed by atoms with Crippen LogP contribution >= 0.6 is 0 Å². The molecule has 212 valence electrons. The number of rotatable bonds is 10. The van der Waals surface area contributed by atoms with Crippen LogP contribution in [0.15, 0.2) is 46.8 Å².